The van der Waals surface area contributed by atoms with Crippen LogP contribution in [0.15, 0.2) is 90.5 Å². The fourth-order valence-corrected chi connectivity index (χ4v) is 8.20. The second-order valence-electron chi connectivity index (χ2n) is 19.3. The first-order chi connectivity index (χ1) is 23.4. The molecule has 282 valence electrons. The molecule has 0 nitrogen and oxygen atoms in total. The Hall–Kier alpha value is -2.18. The molecule has 0 saturated carbocycles. The van der Waals surface area contributed by atoms with Crippen LogP contribution >= 0.6 is 0 Å². The normalized spacial score (nSPS) is 18.0. The Labute approximate surface area is 350 Å². The Bertz CT molecular complexity index is 1990. The molecule has 0 amide bonds. The molecule has 4 aromatic carbocycles. The van der Waals surface area contributed by atoms with Crippen LogP contribution in [0.3, 0.4) is 0 Å². The average molecular weight is 825 g/mol. The molecular formula is C50H62Cl2Zr-2. The molecule has 0 aromatic heterocycles. The number of rotatable bonds is 2. The van der Waals surface area contributed by atoms with Crippen LogP contribution in [-0.4, -0.2) is 3.21 Å². The zero-order valence-corrected chi connectivity index (χ0v) is 39.1. The van der Waals surface area contributed by atoms with E-state index in [0.717, 1.165) is 0 Å². The largest absolute Gasteiger partial charge is 1.00 e. The van der Waals surface area contributed by atoms with Gasteiger partial charge in [0.05, 0.1) is 0 Å². The third kappa shape index (κ3) is 9.62. The van der Waals surface area contributed by atoms with Crippen LogP contribution in [0.25, 0.3) is 32.7 Å². The molecule has 0 fully saturated rings. The summed E-state index contributed by atoms with van der Waals surface area (Å²) in [6, 6.07) is 22.9. The van der Waals surface area contributed by atoms with E-state index >= 15 is 0 Å². The summed E-state index contributed by atoms with van der Waals surface area (Å²) in [4.78, 5) is 0. The van der Waals surface area contributed by atoms with Crippen molar-refractivity contribution >= 4 is 35.9 Å². The first-order valence-electron chi connectivity index (χ1n) is 19.1. The summed E-state index contributed by atoms with van der Waals surface area (Å²) in [6.45, 7) is 34.5. The third-order valence-corrected chi connectivity index (χ3v) is 12.4. The Balaban J connectivity index is 0.000000283. The summed E-state index contributed by atoms with van der Waals surface area (Å²) in [7, 11) is 0. The van der Waals surface area contributed by atoms with E-state index in [9.17, 15) is 0 Å². The van der Waals surface area contributed by atoms with Gasteiger partial charge in [-0.2, -0.15) is 11.6 Å². The standard InChI is InChI=1S/C31H37.C10H15.C9H10.2ClH.Zr/c1-28(2,3)26-16-30(7,8)24-12-18-11-19-13-25-23(15-21(19)20(18)14-22(24)26)27(29(4,5)6)17-31(25,9)10;1-8-5-6-9(7-8)10(2,3)4;1-2-6-9-7-4-3-5-8-9;;;/h11-17H,1-10H3;6-8H,1-4H3;3-5,7-8H,2H2,1H3;2*1H;/q2*-1;;;;+2/p-2. The summed E-state index contributed by atoms with van der Waals surface area (Å²) in [5.74, 6) is 0.522. The third-order valence-electron chi connectivity index (χ3n) is 10.8. The second-order valence-corrected chi connectivity index (χ2v) is 20.8. The number of benzene rings is 3. The maximum Gasteiger partial charge on any atom is -1.00 e. The van der Waals surface area contributed by atoms with Crippen molar-refractivity contribution in [1.82, 2.24) is 0 Å². The maximum absolute atomic E-state index is 3.26. The fourth-order valence-electron chi connectivity index (χ4n) is 7.79. The van der Waals surface area contributed by atoms with Gasteiger partial charge in [0.2, 0.25) is 0 Å². The number of hydrogen-bond donors (Lipinski definition) is 0. The molecule has 0 saturated heterocycles. The molecule has 0 spiro atoms. The monoisotopic (exact) mass is 822 g/mol. The molecule has 53 heavy (non-hydrogen) atoms. The summed E-state index contributed by atoms with van der Waals surface area (Å²) in [5.41, 5.74) is 12.4. The molecule has 4 aromatic rings. The van der Waals surface area contributed by atoms with Crippen molar-refractivity contribution in [3.05, 3.63) is 124 Å². The smallest absolute Gasteiger partial charge is 1.00 e. The molecule has 3 aliphatic rings. The number of halogens is 2. The van der Waals surface area contributed by atoms with Crippen LogP contribution in [0, 0.1) is 28.2 Å². The molecule has 0 aliphatic heterocycles. The van der Waals surface area contributed by atoms with Crippen LogP contribution in [0.1, 0.15) is 138 Å². The van der Waals surface area contributed by atoms with Gasteiger partial charge in [0.15, 0.2) is 0 Å². The summed E-state index contributed by atoms with van der Waals surface area (Å²) in [5, 5.41) is 5.58. The molecule has 0 N–H and O–H groups in total. The Morgan fingerprint density at radius 1 is 0.698 bits per heavy atom. The van der Waals surface area contributed by atoms with Crippen molar-refractivity contribution in [2.75, 3.05) is 0 Å². The van der Waals surface area contributed by atoms with E-state index < -0.39 is 0 Å². The quantitative estimate of drug-likeness (QED) is 0.179. The van der Waals surface area contributed by atoms with Crippen LogP contribution < -0.4 is 24.8 Å². The van der Waals surface area contributed by atoms with E-state index in [1.165, 1.54) is 96.7 Å². The minimum atomic E-state index is 0. The molecule has 0 bridgehead atoms. The average Bonchev–Trinajstić information content (AvgIpc) is 3.76. The molecule has 1 unspecified atom stereocenters. The van der Waals surface area contributed by atoms with E-state index in [0.29, 0.717) is 11.3 Å². The molecule has 7 rings (SSSR count). The zero-order chi connectivity index (χ0) is 37.9. The number of allylic oxidation sites excluding steroid dienone is 8. The zero-order valence-electron chi connectivity index (χ0n) is 35.1. The Morgan fingerprint density at radius 2 is 1.13 bits per heavy atom. The van der Waals surface area contributed by atoms with E-state index in [-0.39, 0.29) is 46.5 Å². The topological polar surface area (TPSA) is 0 Å². The van der Waals surface area contributed by atoms with Crippen molar-refractivity contribution in [1.29, 1.82) is 0 Å². The van der Waals surface area contributed by atoms with E-state index in [2.05, 4.69) is 195 Å². The Kier molecular flexibility index (Phi) is 13.8. The molecule has 3 heteroatoms. The predicted octanol–water partition coefficient (Wildman–Crippen LogP) is 8.29. The number of hydrogen-bond acceptors (Lipinski definition) is 0. The summed E-state index contributed by atoms with van der Waals surface area (Å²) >= 11 is 1.54. The van der Waals surface area contributed by atoms with Gasteiger partial charge in [-0.25, -0.2) is 6.08 Å². The van der Waals surface area contributed by atoms with Gasteiger partial charge in [-0.3, -0.25) is 6.08 Å². The fraction of sp³-hybridized carbons (Fsp3) is 0.440. The van der Waals surface area contributed by atoms with Crippen LogP contribution in [0.2, 0.25) is 0 Å². The van der Waals surface area contributed by atoms with Gasteiger partial charge in [0, 0.05) is 10.8 Å². The summed E-state index contributed by atoms with van der Waals surface area (Å²) < 4.78 is 1.55. The molecule has 1 atom stereocenters. The number of fused-ring (bicyclic) bond motifs is 5. The van der Waals surface area contributed by atoms with Crippen molar-refractivity contribution in [2.45, 2.75) is 121 Å². The molecular weight excluding hydrogens is 763 g/mol. The Morgan fingerprint density at radius 3 is 1.45 bits per heavy atom. The van der Waals surface area contributed by atoms with Crippen molar-refractivity contribution < 1.29 is 49.0 Å². The van der Waals surface area contributed by atoms with E-state index in [1.54, 1.807) is 3.21 Å². The van der Waals surface area contributed by atoms with E-state index in [4.69, 9.17) is 0 Å². The van der Waals surface area contributed by atoms with Gasteiger partial charge in [0.1, 0.15) is 0 Å². The summed E-state index contributed by atoms with van der Waals surface area (Å²) in [6.07, 6.45) is 13.8. The molecule has 3 aliphatic carbocycles. The SMILES string of the molecule is CC(C)(C)C1=CC(C)(C)c2cc3[cH-]c4cc5c(cc4c3cc21)C(C(C)(C)C)=CC5(C)C.CC1[C-]=CC(C(C)(C)C)=C1.CC[C](=[Zr+2])c1ccccc1.[Cl-].[Cl-]. The van der Waals surface area contributed by atoms with Gasteiger partial charge in [-0.05, 0) is 33.1 Å². The van der Waals surface area contributed by atoms with Gasteiger partial charge in [-0.15, -0.1) is 39.7 Å². The second kappa shape index (κ2) is 16.1. The first kappa shape index (κ1) is 45.2. The van der Waals surface area contributed by atoms with Crippen LogP contribution in [0.5, 0.6) is 0 Å². The first-order valence-corrected chi connectivity index (χ1v) is 20.3. The molecule has 0 heterocycles. The van der Waals surface area contributed by atoms with Crippen LogP contribution in [-0.2, 0) is 35.1 Å². The van der Waals surface area contributed by atoms with Crippen LogP contribution in [0.4, 0.5) is 0 Å². The van der Waals surface area contributed by atoms with E-state index in [1.807, 2.05) is 0 Å². The van der Waals surface area contributed by atoms with Gasteiger partial charge in [-0.1, -0.05) is 144 Å². The van der Waals surface area contributed by atoms with Gasteiger partial charge in [0.25, 0.3) is 0 Å². The predicted molar refractivity (Wildman–Crippen MR) is 223 cm³/mol. The molecule has 0 radical (unpaired) electrons. The minimum Gasteiger partial charge on any atom is -1.00 e. The van der Waals surface area contributed by atoms with Gasteiger partial charge >= 0.3 is 76.7 Å². The van der Waals surface area contributed by atoms with Crippen molar-refractivity contribution in [3.8, 4) is 0 Å². The van der Waals surface area contributed by atoms with Crippen molar-refractivity contribution in [3.63, 3.8) is 0 Å². The van der Waals surface area contributed by atoms with Gasteiger partial charge < -0.3 is 24.8 Å². The van der Waals surface area contributed by atoms with Crippen molar-refractivity contribution in [2.24, 2.45) is 22.2 Å². The maximum atomic E-state index is 3.26. The minimum absolute atomic E-state index is 0.